The monoisotopic (exact) mass is 369 g/mol. The maximum Gasteiger partial charge on any atom is 0.231 e. The van der Waals surface area contributed by atoms with Crippen LogP contribution in [0.15, 0.2) is 42.7 Å². The van der Waals surface area contributed by atoms with Crippen molar-refractivity contribution in [2.45, 2.75) is 19.8 Å². The summed E-state index contributed by atoms with van der Waals surface area (Å²) in [6, 6.07) is 9.22. The standard InChI is InChI=1S/C20H23N3O4/c1-15(24)23(17-3-4-18-19(13-17)27-14-26-18)12-8-20(25)22(2)11-7-16-5-9-21-10-6-16/h3-6,9-10,13H,7-8,11-12,14H2,1-2H3. The molecule has 7 heteroatoms. The molecule has 2 amide bonds. The number of likely N-dealkylation sites (N-methyl/N-ethyl adjacent to an activating group) is 1. The number of carbonyl (C=O) groups is 2. The van der Waals surface area contributed by atoms with E-state index in [4.69, 9.17) is 9.47 Å². The van der Waals surface area contributed by atoms with Gasteiger partial charge >= 0.3 is 0 Å². The number of fused-ring (bicyclic) bond motifs is 1. The van der Waals surface area contributed by atoms with Crippen LogP contribution >= 0.6 is 0 Å². The number of pyridine rings is 1. The number of nitrogens with zero attached hydrogens (tertiary/aromatic N) is 3. The summed E-state index contributed by atoms with van der Waals surface area (Å²) in [7, 11) is 1.78. The van der Waals surface area contributed by atoms with Crippen molar-refractivity contribution < 1.29 is 19.1 Å². The van der Waals surface area contributed by atoms with E-state index in [9.17, 15) is 9.59 Å². The molecule has 1 aliphatic heterocycles. The zero-order chi connectivity index (χ0) is 19.2. The molecule has 0 spiro atoms. The molecule has 0 aliphatic carbocycles. The Morgan fingerprint density at radius 1 is 1.07 bits per heavy atom. The number of amides is 2. The van der Waals surface area contributed by atoms with Gasteiger partial charge in [-0.1, -0.05) is 0 Å². The lowest BCUT2D eigenvalue weighted by atomic mass is 10.2. The maximum absolute atomic E-state index is 12.4. The minimum absolute atomic E-state index is 0.00366. The normalized spacial score (nSPS) is 11.9. The molecule has 27 heavy (non-hydrogen) atoms. The fourth-order valence-corrected chi connectivity index (χ4v) is 2.89. The van der Waals surface area contributed by atoms with Gasteiger partial charge in [0.1, 0.15) is 0 Å². The van der Waals surface area contributed by atoms with Crippen molar-refractivity contribution in [3.05, 3.63) is 48.3 Å². The number of carbonyl (C=O) groups excluding carboxylic acids is 2. The van der Waals surface area contributed by atoms with Crippen LogP contribution in [0.4, 0.5) is 5.69 Å². The first-order chi connectivity index (χ1) is 13.0. The molecular formula is C20H23N3O4. The highest BCUT2D eigenvalue weighted by molar-refractivity contribution is 5.92. The van der Waals surface area contributed by atoms with Crippen molar-refractivity contribution in [3.63, 3.8) is 0 Å². The number of aromatic nitrogens is 1. The molecule has 0 atom stereocenters. The first-order valence-electron chi connectivity index (χ1n) is 8.85. The molecule has 2 heterocycles. The van der Waals surface area contributed by atoms with Crippen molar-refractivity contribution in [1.82, 2.24) is 9.88 Å². The molecule has 7 nitrogen and oxygen atoms in total. The lowest BCUT2D eigenvalue weighted by molar-refractivity contribution is -0.129. The van der Waals surface area contributed by atoms with Gasteiger partial charge in [-0.15, -0.1) is 0 Å². The van der Waals surface area contributed by atoms with Crippen LogP contribution in [0.1, 0.15) is 18.9 Å². The summed E-state index contributed by atoms with van der Waals surface area (Å²) in [4.78, 5) is 31.8. The second kappa shape index (κ2) is 8.53. The van der Waals surface area contributed by atoms with E-state index in [-0.39, 0.29) is 25.0 Å². The van der Waals surface area contributed by atoms with Gasteiger partial charge in [-0.25, -0.2) is 0 Å². The Hall–Kier alpha value is -3.09. The summed E-state index contributed by atoms with van der Waals surface area (Å²) in [5.41, 5.74) is 1.83. The largest absolute Gasteiger partial charge is 0.454 e. The van der Waals surface area contributed by atoms with E-state index in [1.165, 1.54) is 6.92 Å². The second-order valence-electron chi connectivity index (χ2n) is 6.38. The number of anilines is 1. The summed E-state index contributed by atoms with van der Waals surface area (Å²) in [5, 5.41) is 0. The molecule has 1 aromatic heterocycles. The summed E-state index contributed by atoms with van der Waals surface area (Å²) < 4.78 is 10.7. The van der Waals surface area contributed by atoms with E-state index in [2.05, 4.69) is 4.98 Å². The van der Waals surface area contributed by atoms with Crippen LogP contribution in [-0.2, 0) is 16.0 Å². The molecule has 1 aromatic carbocycles. The van der Waals surface area contributed by atoms with Crippen molar-refractivity contribution in [2.75, 3.05) is 31.8 Å². The topological polar surface area (TPSA) is 72.0 Å². The number of benzene rings is 1. The summed E-state index contributed by atoms with van der Waals surface area (Å²) in [6.07, 6.45) is 4.50. The third-order valence-corrected chi connectivity index (χ3v) is 4.51. The molecule has 2 aromatic rings. The maximum atomic E-state index is 12.4. The predicted molar refractivity (Wildman–Crippen MR) is 101 cm³/mol. The molecule has 0 saturated carbocycles. The summed E-state index contributed by atoms with van der Waals surface area (Å²) >= 11 is 0. The van der Waals surface area contributed by atoms with E-state index < -0.39 is 0 Å². The van der Waals surface area contributed by atoms with E-state index in [1.54, 1.807) is 47.4 Å². The van der Waals surface area contributed by atoms with Gasteiger partial charge in [0, 0.05) is 57.6 Å². The van der Waals surface area contributed by atoms with Crippen LogP contribution in [0, 0.1) is 0 Å². The molecule has 0 unspecified atom stereocenters. The minimum Gasteiger partial charge on any atom is -0.454 e. The van der Waals surface area contributed by atoms with Crippen LogP contribution in [0.5, 0.6) is 11.5 Å². The van der Waals surface area contributed by atoms with Crippen LogP contribution in [-0.4, -0.2) is 48.6 Å². The molecular weight excluding hydrogens is 346 g/mol. The van der Waals surface area contributed by atoms with Crippen LogP contribution in [0.3, 0.4) is 0 Å². The zero-order valence-electron chi connectivity index (χ0n) is 15.6. The van der Waals surface area contributed by atoms with Gasteiger partial charge in [-0.2, -0.15) is 0 Å². The number of ether oxygens (including phenoxy) is 2. The lowest BCUT2D eigenvalue weighted by Crippen LogP contribution is -2.35. The molecule has 3 rings (SSSR count). The Labute approximate surface area is 158 Å². The van der Waals surface area contributed by atoms with Gasteiger partial charge in [-0.05, 0) is 36.2 Å². The van der Waals surface area contributed by atoms with Gasteiger partial charge in [-0.3, -0.25) is 14.6 Å². The average Bonchev–Trinajstić information content (AvgIpc) is 3.14. The fraction of sp³-hybridized carbons (Fsp3) is 0.350. The number of hydrogen-bond acceptors (Lipinski definition) is 5. The SMILES string of the molecule is CC(=O)N(CCC(=O)N(C)CCc1ccncc1)c1ccc2c(c1)OCO2. The first-order valence-corrected chi connectivity index (χ1v) is 8.85. The van der Waals surface area contributed by atoms with E-state index in [1.807, 2.05) is 12.1 Å². The zero-order valence-corrected chi connectivity index (χ0v) is 15.6. The highest BCUT2D eigenvalue weighted by Gasteiger charge is 2.19. The molecule has 1 aliphatic rings. The van der Waals surface area contributed by atoms with Gasteiger partial charge in [0.05, 0.1) is 0 Å². The Bertz CT molecular complexity index is 810. The highest BCUT2D eigenvalue weighted by Crippen LogP contribution is 2.35. The van der Waals surface area contributed by atoms with Crippen molar-refractivity contribution in [2.24, 2.45) is 0 Å². The predicted octanol–water partition coefficient (Wildman–Crippen LogP) is 2.25. The van der Waals surface area contributed by atoms with Gasteiger partial charge in [0.15, 0.2) is 11.5 Å². The molecule has 0 bridgehead atoms. The third kappa shape index (κ3) is 4.75. The van der Waals surface area contributed by atoms with E-state index in [0.717, 1.165) is 12.0 Å². The Kier molecular flexibility index (Phi) is 5.90. The first kappa shape index (κ1) is 18.7. The third-order valence-electron chi connectivity index (χ3n) is 4.51. The van der Waals surface area contributed by atoms with Crippen LogP contribution in [0.25, 0.3) is 0 Å². The number of rotatable bonds is 7. The number of hydrogen-bond donors (Lipinski definition) is 0. The van der Waals surface area contributed by atoms with E-state index in [0.29, 0.717) is 30.3 Å². The van der Waals surface area contributed by atoms with E-state index >= 15 is 0 Å². The molecule has 142 valence electrons. The Morgan fingerprint density at radius 3 is 2.56 bits per heavy atom. The Balaban J connectivity index is 1.55. The van der Waals surface area contributed by atoms with Crippen LogP contribution in [0.2, 0.25) is 0 Å². The molecule has 0 N–H and O–H groups in total. The molecule has 0 radical (unpaired) electrons. The van der Waals surface area contributed by atoms with Crippen molar-refractivity contribution in [3.8, 4) is 11.5 Å². The highest BCUT2D eigenvalue weighted by atomic mass is 16.7. The van der Waals surface area contributed by atoms with Crippen molar-refractivity contribution >= 4 is 17.5 Å². The second-order valence-corrected chi connectivity index (χ2v) is 6.38. The summed E-state index contributed by atoms with van der Waals surface area (Å²) in [5.74, 6) is 1.14. The molecule has 0 fully saturated rings. The lowest BCUT2D eigenvalue weighted by Gasteiger charge is -2.23. The summed E-state index contributed by atoms with van der Waals surface area (Å²) in [6.45, 7) is 2.60. The van der Waals surface area contributed by atoms with Crippen molar-refractivity contribution in [1.29, 1.82) is 0 Å². The molecule has 0 saturated heterocycles. The average molecular weight is 369 g/mol. The quantitative estimate of drug-likeness (QED) is 0.749. The minimum atomic E-state index is -0.124. The fourth-order valence-electron chi connectivity index (χ4n) is 2.89. The Morgan fingerprint density at radius 2 is 1.81 bits per heavy atom. The van der Waals surface area contributed by atoms with Gasteiger partial charge in [0.2, 0.25) is 18.6 Å². The van der Waals surface area contributed by atoms with Gasteiger partial charge in [0.25, 0.3) is 0 Å². The van der Waals surface area contributed by atoms with Gasteiger partial charge < -0.3 is 19.3 Å². The van der Waals surface area contributed by atoms with Crippen LogP contribution < -0.4 is 14.4 Å². The smallest absolute Gasteiger partial charge is 0.231 e.